The Labute approximate surface area is 262 Å². The molecule has 45 heavy (non-hydrogen) atoms. The second-order valence-electron chi connectivity index (χ2n) is 12.3. The van der Waals surface area contributed by atoms with E-state index >= 15 is 0 Å². The van der Waals surface area contributed by atoms with Crippen molar-refractivity contribution in [2.24, 2.45) is 5.92 Å². The van der Waals surface area contributed by atoms with Gasteiger partial charge in [0.05, 0.1) is 18.0 Å². The first-order valence-corrected chi connectivity index (χ1v) is 15.8. The SMILES string of the molecule is CNC(=O)c1ccc2c(c1)CCc1cc(C(=O)NC)ccc1C2(C[C@H](NCC(=O)N1CCCC1C#N)C1CCC1)c1nn[nH]n1. The minimum atomic E-state index is -0.893. The number of nitrogens with one attached hydrogen (secondary N) is 4. The molecule has 6 rings (SSSR count). The van der Waals surface area contributed by atoms with E-state index in [-0.39, 0.29) is 36.3 Å². The molecule has 2 heterocycles. The predicted molar refractivity (Wildman–Crippen MR) is 165 cm³/mol. The van der Waals surface area contributed by atoms with E-state index in [2.05, 4.69) is 42.6 Å². The Bertz CT molecular complexity index is 1560. The van der Waals surface area contributed by atoms with Crippen molar-refractivity contribution in [3.63, 3.8) is 0 Å². The second-order valence-corrected chi connectivity index (χ2v) is 12.3. The number of H-pyrrole nitrogens is 1. The highest BCUT2D eigenvalue weighted by Crippen LogP contribution is 2.49. The van der Waals surface area contributed by atoms with Crippen molar-refractivity contribution in [1.29, 1.82) is 5.26 Å². The van der Waals surface area contributed by atoms with Crippen LogP contribution in [0.2, 0.25) is 0 Å². The van der Waals surface area contributed by atoms with Crippen LogP contribution in [0.3, 0.4) is 0 Å². The summed E-state index contributed by atoms with van der Waals surface area (Å²) in [6.45, 7) is 0.730. The Morgan fingerprint density at radius 3 is 2.16 bits per heavy atom. The molecule has 4 N–H and O–H groups in total. The molecule has 0 spiro atoms. The van der Waals surface area contributed by atoms with E-state index in [0.717, 1.165) is 47.9 Å². The van der Waals surface area contributed by atoms with Gasteiger partial charge in [-0.15, -0.1) is 10.2 Å². The van der Waals surface area contributed by atoms with Gasteiger partial charge in [0.25, 0.3) is 11.8 Å². The van der Waals surface area contributed by atoms with Crippen LogP contribution in [-0.4, -0.2) is 82.5 Å². The fourth-order valence-corrected chi connectivity index (χ4v) is 7.41. The highest BCUT2D eigenvalue weighted by molar-refractivity contribution is 5.95. The third kappa shape index (κ3) is 5.57. The van der Waals surface area contributed by atoms with E-state index in [9.17, 15) is 19.6 Å². The number of hydrogen-bond donors (Lipinski definition) is 4. The summed E-state index contributed by atoms with van der Waals surface area (Å²) in [7, 11) is 3.23. The summed E-state index contributed by atoms with van der Waals surface area (Å²) in [5.74, 6) is 0.420. The molecule has 0 radical (unpaired) electrons. The number of hydrogen-bond acceptors (Lipinski definition) is 8. The number of aromatic nitrogens is 4. The highest BCUT2D eigenvalue weighted by Gasteiger charge is 2.48. The Kier molecular flexibility index (Phi) is 8.63. The number of amides is 3. The summed E-state index contributed by atoms with van der Waals surface area (Å²) in [5, 5.41) is 34.5. The molecular formula is C33H39N9O3. The first-order valence-electron chi connectivity index (χ1n) is 15.8. The van der Waals surface area contributed by atoms with E-state index in [1.807, 2.05) is 36.4 Å². The van der Waals surface area contributed by atoms with Gasteiger partial charge in [0, 0.05) is 37.8 Å². The molecule has 1 aliphatic heterocycles. The maximum atomic E-state index is 13.4. The minimum Gasteiger partial charge on any atom is -0.355 e. The Hall–Kier alpha value is -4.63. The molecule has 0 bridgehead atoms. The maximum absolute atomic E-state index is 13.4. The lowest BCUT2D eigenvalue weighted by atomic mass is 9.64. The number of fused-ring (bicyclic) bond motifs is 2. The quantitative estimate of drug-likeness (QED) is 0.286. The minimum absolute atomic E-state index is 0.0657. The number of rotatable bonds is 9. The van der Waals surface area contributed by atoms with Crippen LogP contribution in [0.25, 0.3) is 0 Å². The van der Waals surface area contributed by atoms with Crippen LogP contribution >= 0.6 is 0 Å². The Balaban J connectivity index is 1.48. The fourth-order valence-electron chi connectivity index (χ4n) is 7.41. The zero-order valence-electron chi connectivity index (χ0n) is 25.7. The van der Waals surface area contributed by atoms with Gasteiger partial charge in [-0.1, -0.05) is 23.8 Å². The van der Waals surface area contributed by atoms with Gasteiger partial charge in [-0.2, -0.15) is 10.5 Å². The van der Waals surface area contributed by atoms with Gasteiger partial charge in [0.2, 0.25) is 5.91 Å². The van der Waals surface area contributed by atoms with Crippen molar-refractivity contribution in [3.05, 3.63) is 75.6 Å². The van der Waals surface area contributed by atoms with Crippen molar-refractivity contribution in [3.8, 4) is 6.07 Å². The monoisotopic (exact) mass is 609 g/mol. The van der Waals surface area contributed by atoms with Crippen LogP contribution in [0, 0.1) is 17.2 Å². The number of tetrazole rings is 1. The van der Waals surface area contributed by atoms with Crippen LogP contribution in [-0.2, 0) is 23.1 Å². The molecular weight excluding hydrogens is 570 g/mol. The van der Waals surface area contributed by atoms with Crippen LogP contribution in [0.15, 0.2) is 36.4 Å². The standard InChI is InChI=1S/C33H39N9O3/c1-35-30(44)23-10-12-26-21(15-23)8-9-22-16-24(31(45)36-2)11-13-27(22)33(26,32-38-40-41-39-32)17-28(20-5-3-6-20)37-19-29(43)42-14-4-7-25(42)18-34/h10-13,15-16,20,25,28,37H,3-9,14,17,19H2,1-2H3,(H,35,44)(H,36,45)(H,38,39,40,41)/t25?,28-/m0/s1. The molecule has 2 aromatic carbocycles. The number of nitriles is 1. The Morgan fingerprint density at radius 2 is 1.64 bits per heavy atom. The van der Waals surface area contributed by atoms with Crippen molar-refractivity contribution in [2.45, 2.75) is 68.9 Å². The van der Waals surface area contributed by atoms with Crippen molar-refractivity contribution in [2.75, 3.05) is 27.2 Å². The number of nitrogens with zero attached hydrogens (tertiary/aromatic N) is 5. The maximum Gasteiger partial charge on any atom is 0.251 e. The average Bonchev–Trinajstić information content (AvgIpc) is 3.74. The zero-order chi connectivity index (χ0) is 31.6. The number of aryl methyl sites for hydroxylation is 2. The van der Waals surface area contributed by atoms with Crippen molar-refractivity contribution in [1.82, 2.24) is 41.5 Å². The van der Waals surface area contributed by atoms with Gasteiger partial charge >= 0.3 is 0 Å². The molecule has 1 aromatic heterocycles. The summed E-state index contributed by atoms with van der Waals surface area (Å²) in [5.41, 5.74) is 4.18. The van der Waals surface area contributed by atoms with Gasteiger partial charge < -0.3 is 20.9 Å². The summed E-state index contributed by atoms with van der Waals surface area (Å²) < 4.78 is 0. The first-order chi connectivity index (χ1) is 21.9. The van der Waals surface area contributed by atoms with E-state index < -0.39 is 5.41 Å². The predicted octanol–water partition coefficient (Wildman–Crippen LogP) is 2.01. The second kappa shape index (κ2) is 12.8. The van der Waals surface area contributed by atoms with Crippen molar-refractivity contribution < 1.29 is 14.4 Å². The van der Waals surface area contributed by atoms with Crippen LogP contribution in [0.5, 0.6) is 0 Å². The summed E-state index contributed by atoms with van der Waals surface area (Å²) in [4.78, 5) is 40.5. The summed E-state index contributed by atoms with van der Waals surface area (Å²) >= 11 is 0. The molecule has 2 atom stereocenters. The molecule has 1 unspecified atom stereocenters. The molecule has 2 aliphatic carbocycles. The molecule has 1 saturated carbocycles. The van der Waals surface area contributed by atoms with Gasteiger partial charge in [-0.25, -0.2) is 0 Å². The molecule has 234 valence electrons. The number of benzene rings is 2. The number of carbonyl (C=O) groups is 3. The third-order valence-electron chi connectivity index (χ3n) is 9.98. The van der Waals surface area contributed by atoms with E-state index in [0.29, 0.717) is 55.1 Å². The molecule has 3 aromatic rings. The van der Waals surface area contributed by atoms with Gasteiger partial charge in [0.1, 0.15) is 6.04 Å². The normalized spacial score (nSPS) is 19.3. The van der Waals surface area contributed by atoms with Crippen LogP contribution in [0.4, 0.5) is 0 Å². The Morgan fingerprint density at radius 1 is 1.00 bits per heavy atom. The summed E-state index contributed by atoms with van der Waals surface area (Å²) in [6.07, 6.45) is 6.55. The lowest BCUT2D eigenvalue weighted by Crippen LogP contribution is -2.50. The number of carbonyl (C=O) groups excluding carboxylic acids is 3. The van der Waals surface area contributed by atoms with Crippen LogP contribution in [0.1, 0.15) is 87.3 Å². The fraction of sp³-hybridized carbons (Fsp3) is 0.485. The molecule has 1 saturated heterocycles. The van der Waals surface area contributed by atoms with Gasteiger partial charge in [0.15, 0.2) is 5.82 Å². The van der Waals surface area contributed by atoms with E-state index in [1.165, 1.54) is 0 Å². The van der Waals surface area contributed by atoms with E-state index in [4.69, 9.17) is 0 Å². The lowest BCUT2D eigenvalue weighted by Gasteiger charge is -2.42. The third-order valence-corrected chi connectivity index (χ3v) is 9.98. The van der Waals surface area contributed by atoms with Crippen molar-refractivity contribution >= 4 is 17.7 Å². The van der Waals surface area contributed by atoms with Crippen LogP contribution < -0.4 is 16.0 Å². The zero-order valence-corrected chi connectivity index (χ0v) is 25.7. The lowest BCUT2D eigenvalue weighted by molar-refractivity contribution is -0.130. The number of aromatic amines is 1. The average molecular weight is 610 g/mol. The van der Waals surface area contributed by atoms with E-state index in [1.54, 1.807) is 19.0 Å². The smallest absolute Gasteiger partial charge is 0.251 e. The number of likely N-dealkylation sites (tertiary alicyclic amines) is 1. The van der Waals surface area contributed by atoms with Gasteiger partial charge in [-0.3, -0.25) is 14.4 Å². The summed E-state index contributed by atoms with van der Waals surface area (Å²) in [6, 6.07) is 13.4. The topological polar surface area (TPSA) is 169 Å². The molecule has 12 nitrogen and oxygen atoms in total. The largest absolute Gasteiger partial charge is 0.355 e. The first kappa shape index (κ1) is 30.4. The van der Waals surface area contributed by atoms with Gasteiger partial charge in [-0.05, 0) is 97.4 Å². The highest BCUT2D eigenvalue weighted by atomic mass is 16.2. The molecule has 2 fully saturated rings. The molecule has 3 amide bonds. The molecule has 12 heteroatoms. The molecule has 3 aliphatic rings.